The van der Waals surface area contributed by atoms with Crippen molar-refractivity contribution in [2.24, 2.45) is 5.41 Å². The van der Waals surface area contributed by atoms with Crippen LogP contribution in [0.25, 0.3) is 0 Å². The van der Waals surface area contributed by atoms with E-state index < -0.39 is 8.56 Å². The van der Waals surface area contributed by atoms with Crippen LogP contribution in [0.5, 0.6) is 0 Å². The van der Waals surface area contributed by atoms with Gasteiger partial charge in [0.25, 0.3) is 0 Å². The van der Waals surface area contributed by atoms with E-state index in [2.05, 4.69) is 76.6 Å². The molecule has 0 saturated carbocycles. The molecule has 0 saturated heterocycles. The molecule has 0 spiro atoms. The van der Waals surface area contributed by atoms with Crippen molar-refractivity contribution in [1.82, 2.24) is 14.7 Å². The Bertz CT molecular complexity index is 467. The van der Waals surface area contributed by atoms with Crippen molar-refractivity contribution in [3.05, 3.63) is 0 Å². The lowest BCUT2D eigenvalue weighted by Gasteiger charge is -2.39. The first-order valence-corrected chi connectivity index (χ1v) is 19.3. The molecule has 0 unspecified atom stereocenters. The second-order valence-corrected chi connectivity index (χ2v) is 15.0. The first-order valence-electron chi connectivity index (χ1n) is 16.8. The summed E-state index contributed by atoms with van der Waals surface area (Å²) >= 11 is 0. The summed E-state index contributed by atoms with van der Waals surface area (Å²) in [7, 11) is -2.13. The predicted octanol–water partition coefficient (Wildman–Crippen LogP) is 8.04. The number of hydrogen-bond acceptors (Lipinski definition) is 5. The van der Waals surface area contributed by atoms with Crippen molar-refractivity contribution in [3.8, 4) is 0 Å². The van der Waals surface area contributed by atoms with E-state index in [1.165, 1.54) is 123 Å². The molecule has 230 valence electrons. The summed E-state index contributed by atoms with van der Waals surface area (Å²) in [5.41, 5.74) is 0.394. The maximum atomic E-state index is 6.33. The molecule has 0 aromatic rings. The van der Waals surface area contributed by atoms with Crippen LogP contribution >= 0.6 is 0 Å². The quantitative estimate of drug-likeness (QED) is 0.0908. The van der Waals surface area contributed by atoms with Gasteiger partial charge in [0, 0.05) is 13.2 Å². The fourth-order valence-corrected chi connectivity index (χ4v) is 8.88. The van der Waals surface area contributed by atoms with E-state index in [9.17, 15) is 0 Å². The second kappa shape index (κ2) is 23.7. The summed E-state index contributed by atoms with van der Waals surface area (Å²) in [6, 6.07) is 1.13. The molecule has 0 radical (unpaired) electrons. The molecule has 0 aliphatic carbocycles. The molecule has 0 aliphatic rings. The van der Waals surface area contributed by atoms with Gasteiger partial charge in [-0.1, -0.05) is 41.5 Å². The fraction of sp³-hybridized carbons (Fsp3) is 1.00. The van der Waals surface area contributed by atoms with Gasteiger partial charge in [0.1, 0.15) is 0 Å². The lowest BCUT2D eigenvalue weighted by Crippen LogP contribution is -2.40. The van der Waals surface area contributed by atoms with Gasteiger partial charge in [-0.3, -0.25) is 0 Å². The molecule has 0 aromatic heterocycles. The Labute approximate surface area is 241 Å². The molecule has 0 rings (SSSR count). The molecule has 0 amide bonds. The van der Waals surface area contributed by atoms with Crippen LogP contribution in [-0.2, 0) is 8.85 Å². The minimum absolute atomic E-state index is 0.394. The second-order valence-electron chi connectivity index (χ2n) is 11.6. The smallest absolute Gasteiger partial charge is 0.334 e. The van der Waals surface area contributed by atoms with E-state index >= 15 is 0 Å². The average Bonchev–Trinajstić information content (AvgIpc) is 2.90. The Hall–Kier alpha value is 0.0169. The average molecular weight is 558 g/mol. The molecular formula is C32H71N3O2Si. The van der Waals surface area contributed by atoms with Crippen LogP contribution in [0.2, 0.25) is 12.6 Å². The van der Waals surface area contributed by atoms with E-state index in [1.807, 2.05) is 0 Å². The van der Waals surface area contributed by atoms with Gasteiger partial charge in [0.05, 0.1) is 0 Å². The maximum Gasteiger partial charge on any atom is 0.334 e. The summed E-state index contributed by atoms with van der Waals surface area (Å²) in [5.74, 6) is 0. The summed E-state index contributed by atoms with van der Waals surface area (Å²) < 4.78 is 12.7. The van der Waals surface area contributed by atoms with Gasteiger partial charge < -0.3 is 23.6 Å². The van der Waals surface area contributed by atoms with E-state index in [4.69, 9.17) is 8.85 Å². The lowest BCUT2D eigenvalue weighted by molar-refractivity contribution is 0.141. The Morgan fingerprint density at radius 3 is 1.11 bits per heavy atom. The van der Waals surface area contributed by atoms with Gasteiger partial charge in [-0.05, 0) is 155 Å². The van der Waals surface area contributed by atoms with Crippen molar-refractivity contribution < 1.29 is 8.85 Å². The number of rotatable bonds is 28. The van der Waals surface area contributed by atoms with Crippen molar-refractivity contribution >= 4 is 8.56 Å². The number of nitrogens with zero attached hydrogens (tertiary/aromatic N) is 3. The maximum absolute atomic E-state index is 6.33. The van der Waals surface area contributed by atoms with Crippen LogP contribution in [0.3, 0.4) is 0 Å². The molecule has 6 heteroatoms. The first-order chi connectivity index (χ1) is 18.3. The summed E-state index contributed by atoms with van der Waals surface area (Å²) in [5, 5.41) is 0. The number of hydrogen-bond donors (Lipinski definition) is 0. The highest BCUT2D eigenvalue weighted by atomic mass is 28.4. The Morgan fingerprint density at radius 1 is 0.500 bits per heavy atom. The van der Waals surface area contributed by atoms with E-state index in [1.54, 1.807) is 0 Å². The molecule has 0 aromatic carbocycles. The van der Waals surface area contributed by atoms with E-state index in [0.717, 1.165) is 19.3 Å². The molecule has 0 atom stereocenters. The predicted molar refractivity (Wildman–Crippen MR) is 172 cm³/mol. The van der Waals surface area contributed by atoms with Crippen molar-refractivity contribution in [2.75, 3.05) is 72.1 Å². The highest BCUT2D eigenvalue weighted by molar-refractivity contribution is 6.66. The minimum atomic E-state index is -2.13. The van der Waals surface area contributed by atoms with Crippen LogP contribution < -0.4 is 0 Å². The molecule has 0 bridgehead atoms. The van der Waals surface area contributed by atoms with Gasteiger partial charge in [-0.15, -0.1) is 0 Å². The van der Waals surface area contributed by atoms with Gasteiger partial charge in [-0.25, -0.2) is 0 Å². The van der Waals surface area contributed by atoms with Crippen LogP contribution in [-0.4, -0.2) is 95.4 Å². The zero-order valence-corrected chi connectivity index (χ0v) is 28.7. The molecule has 0 fully saturated rings. The largest absolute Gasteiger partial charge is 0.395 e. The summed E-state index contributed by atoms with van der Waals surface area (Å²) in [6.45, 7) is 32.9. The molecule has 5 nitrogen and oxygen atoms in total. The Balaban J connectivity index is 5.77. The Morgan fingerprint density at radius 2 is 0.842 bits per heavy atom. The third-order valence-electron chi connectivity index (χ3n) is 8.51. The highest BCUT2D eigenvalue weighted by Gasteiger charge is 2.37. The van der Waals surface area contributed by atoms with Crippen molar-refractivity contribution in [2.45, 2.75) is 132 Å². The van der Waals surface area contributed by atoms with Crippen LogP contribution in [0.15, 0.2) is 0 Å². The van der Waals surface area contributed by atoms with Gasteiger partial charge in [0.2, 0.25) is 0 Å². The molecule has 0 N–H and O–H groups in total. The fourth-order valence-electron chi connectivity index (χ4n) is 6.30. The monoisotopic (exact) mass is 558 g/mol. The molecule has 0 heterocycles. The van der Waals surface area contributed by atoms with Crippen LogP contribution in [0, 0.1) is 5.41 Å². The summed E-state index contributed by atoms with van der Waals surface area (Å²) in [4.78, 5) is 7.97. The minimum Gasteiger partial charge on any atom is -0.395 e. The normalized spacial score (nSPS) is 12.9. The third-order valence-corrected chi connectivity index (χ3v) is 11.5. The SMILES string of the molecule is CCCN(CC)CCCC(CCCN(CC)CCC)(CCCN(CC)CCC)CC[Si](C)(OCC)OCC. The van der Waals surface area contributed by atoms with Crippen molar-refractivity contribution in [1.29, 1.82) is 0 Å². The van der Waals surface area contributed by atoms with Crippen molar-refractivity contribution in [3.63, 3.8) is 0 Å². The standard InChI is InChI=1S/C32H71N3O2Si/c1-10-25-33(13-4)28-18-21-32(22-19-29-34(14-5)26-11-2,23-20-30-35(15-6)27-12-3)24-31-38(9,36-16-7)37-17-8/h10-31H2,1-9H3. The highest BCUT2D eigenvalue weighted by Crippen LogP contribution is 2.42. The summed E-state index contributed by atoms with van der Waals surface area (Å²) in [6.07, 6.45) is 13.0. The van der Waals surface area contributed by atoms with E-state index in [0.29, 0.717) is 5.41 Å². The third kappa shape index (κ3) is 17.0. The van der Waals surface area contributed by atoms with Crippen LogP contribution in [0.4, 0.5) is 0 Å². The zero-order valence-electron chi connectivity index (χ0n) is 27.7. The molecular weight excluding hydrogens is 486 g/mol. The topological polar surface area (TPSA) is 28.2 Å². The van der Waals surface area contributed by atoms with Gasteiger partial charge in [0.15, 0.2) is 0 Å². The zero-order chi connectivity index (χ0) is 28.7. The van der Waals surface area contributed by atoms with Gasteiger partial charge in [-0.2, -0.15) is 0 Å². The lowest BCUT2D eigenvalue weighted by atomic mass is 9.73. The Kier molecular flexibility index (Phi) is 23.7. The van der Waals surface area contributed by atoms with E-state index in [-0.39, 0.29) is 0 Å². The van der Waals surface area contributed by atoms with Gasteiger partial charge >= 0.3 is 8.56 Å². The first kappa shape index (κ1) is 38.0. The molecule has 0 aliphatic heterocycles. The van der Waals surface area contributed by atoms with Crippen LogP contribution in [0.1, 0.15) is 120 Å². The molecule has 38 heavy (non-hydrogen) atoms.